The third-order valence-electron chi connectivity index (χ3n) is 2.65. The van der Waals surface area contributed by atoms with Gasteiger partial charge in [0.2, 0.25) is 0 Å². The van der Waals surface area contributed by atoms with Crippen molar-refractivity contribution >= 4 is 11.7 Å². The van der Waals surface area contributed by atoms with Crippen molar-refractivity contribution in [3.05, 3.63) is 29.6 Å². The molecule has 0 amide bonds. The van der Waals surface area contributed by atoms with Gasteiger partial charge < -0.3 is 15.3 Å². The topological polar surface area (TPSA) is 52.6 Å². The van der Waals surface area contributed by atoms with E-state index in [9.17, 15) is 9.18 Å². The number of carboxylic acids is 1. The standard InChI is InChI=1S/C11H13FN2O2/c12-9-3-1-2-8(11(15)16)10(9)14-6-4-13-5-7-14/h1-3,13H,4-7H2,(H,15,16). The molecule has 1 aromatic carbocycles. The monoisotopic (exact) mass is 224 g/mol. The summed E-state index contributed by atoms with van der Waals surface area (Å²) in [5, 5.41) is 12.2. The maximum atomic E-state index is 13.7. The smallest absolute Gasteiger partial charge is 0.337 e. The molecule has 4 nitrogen and oxygen atoms in total. The number of benzene rings is 1. The number of hydrogen-bond acceptors (Lipinski definition) is 3. The summed E-state index contributed by atoms with van der Waals surface area (Å²) in [6.45, 7) is 2.74. The number of nitrogens with zero attached hydrogens (tertiary/aromatic N) is 1. The average Bonchev–Trinajstić information content (AvgIpc) is 2.29. The largest absolute Gasteiger partial charge is 0.478 e. The van der Waals surface area contributed by atoms with E-state index < -0.39 is 11.8 Å². The number of nitrogens with one attached hydrogen (secondary N) is 1. The molecule has 5 heteroatoms. The lowest BCUT2D eigenvalue weighted by molar-refractivity contribution is 0.0697. The predicted molar refractivity (Wildman–Crippen MR) is 58.4 cm³/mol. The van der Waals surface area contributed by atoms with Crippen molar-refractivity contribution in [2.75, 3.05) is 31.1 Å². The number of halogens is 1. The number of aromatic carboxylic acids is 1. The fraction of sp³-hybridized carbons (Fsp3) is 0.364. The van der Waals surface area contributed by atoms with E-state index in [1.54, 1.807) is 4.90 Å². The Morgan fingerprint density at radius 3 is 2.69 bits per heavy atom. The van der Waals surface area contributed by atoms with Crippen LogP contribution in [0.25, 0.3) is 0 Å². The summed E-state index contributed by atoms with van der Waals surface area (Å²) in [6.07, 6.45) is 0. The van der Waals surface area contributed by atoms with Crippen LogP contribution in [0.4, 0.5) is 10.1 Å². The minimum Gasteiger partial charge on any atom is -0.478 e. The normalized spacial score (nSPS) is 16.2. The molecule has 0 bridgehead atoms. The molecule has 0 aromatic heterocycles. The molecule has 0 spiro atoms. The third-order valence-corrected chi connectivity index (χ3v) is 2.65. The van der Waals surface area contributed by atoms with Gasteiger partial charge in [-0.2, -0.15) is 0 Å². The van der Waals surface area contributed by atoms with Crippen LogP contribution in [0.3, 0.4) is 0 Å². The molecule has 86 valence electrons. The quantitative estimate of drug-likeness (QED) is 0.784. The van der Waals surface area contributed by atoms with Crippen molar-refractivity contribution < 1.29 is 14.3 Å². The second-order valence-electron chi connectivity index (χ2n) is 3.68. The van der Waals surface area contributed by atoms with Crippen LogP contribution in [0.2, 0.25) is 0 Å². The van der Waals surface area contributed by atoms with Crippen LogP contribution < -0.4 is 10.2 Å². The number of carboxylic acid groups (broad SMARTS) is 1. The molecule has 0 saturated carbocycles. The van der Waals surface area contributed by atoms with Gasteiger partial charge in [0, 0.05) is 26.2 Å². The van der Waals surface area contributed by atoms with Gasteiger partial charge in [-0.05, 0) is 12.1 Å². The Hall–Kier alpha value is -1.62. The highest BCUT2D eigenvalue weighted by atomic mass is 19.1. The molecule has 0 aliphatic carbocycles. The van der Waals surface area contributed by atoms with Crippen LogP contribution in [-0.2, 0) is 0 Å². The van der Waals surface area contributed by atoms with Gasteiger partial charge in [0.05, 0.1) is 11.3 Å². The summed E-state index contributed by atoms with van der Waals surface area (Å²) >= 11 is 0. The van der Waals surface area contributed by atoms with Gasteiger partial charge in [-0.25, -0.2) is 9.18 Å². The minimum atomic E-state index is -1.09. The van der Waals surface area contributed by atoms with Crippen molar-refractivity contribution in [1.29, 1.82) is 0 Å². The first-order valence-electron chi connectivity index (χ1n) is 5.17. The van der Waals surface area contributed by atoms with Crippen LogP contribution in [-0.4, -0.2) is 37.3 Å². The highest BCUT2D eigenvalue weighted by Crippen LogP contribution is 2.24. The number of piperazine rings is 1. The fourth-order valence-corrected chi connectivity index (χ4v) is 1.90. The van der Waals surface area contributed by atoms with E-state index in [1.165, 1.54) is 18.2 Å². The highest BCUT2D eigenvalue weighted by molar-refractivity contribution is 5.94. The second-order valence-corrected chi connectivity index (χ2v) is 3.68. The zero-order valence-electron chi connectivity index (χ0n) is 8.74. The summed E-state index contributed by atoms with van der Waals surface area (Å²) in [6, 6.07) is 4.15. The van der Waals surface area contributed by atoms with E-state index in [4.69, 9.17) is 5.11 Å². The highest BCUT2D eigenvalue weighted by Gasteiger charge is 2.21. The summed E-state index contributed by atoms with van der Waals surface area (Å²) in [5.41, 5.74) is 0.235. The number of para-hydroxylation sites is 1. The molecular weight excluding hydrogens is 211 g/mol. The summed E-state index contributed by atoms with van der Waals surface area (Å²) in [5.74, 6) is -1.56. The van der Waals surface area contributed by atoms with Crippen LogP contribution in [0.1, 0.15) is 10.4 Å². The Kier molecular flexibility index (Phi) is 3.05. The van der Waals surface area contributed by atoms with Gasteiger partial charge in [-0.1, -0.05) is 6.07 Å². The molecule has 1 aromatic rings. The number of hydrogen-bond donors (Lipinski definition) is 2. The molecule has 0 unspecified atom stereocenters. The molecular formula is C11H13FN2O2. The van der Waals surface area contributed by atoms with Crippen LogP contribution in [0.15, 0.2) is 18.2 Å². The lowest BCUT2D eigenvalue weighted by Gasteiger charge is -2.30. The molecule has 0 radical (unpaired) electrons. The van der Waals surface area contributed by atoms with E-state index in [0.717, 1.165) is 13.1 Å². The third kappa shape index (κ3) is 1.99. The predicted octanol–water partition coefficient (Wildman–Crippen LogP) is 0.933. The molecule has 0 atom stereocenters. The average molecular weight is 224 g/mol. The van der Waals surface area contributed by atoms with Crippen molar-refractivity contribution in [2.45, 2.75) is 0 Å². The molecule has 16 heavy (non-hydrogen) atoms. The van der Waals surface area contributed by atoms with E-state index in [0.29, 0.717) is 13.1 Å². The van der Waals surface area contributed by atoms with Crippen LogP contribution >= 0.6 is 0 Å². The van der Waals surface area contributed by atoms with Crippen LogP contribution in [0, 0.1) is 5.82 Å². The van der Waals surface area contributed by atoms with Crippen molar-refractivity contribution in [3.8, 4) is 0 Å². The van der Waals surface area contributed by atoms with Gasteiger partial charge in [-0.3, -0.25) is 0 Å². The summed E-state index contributed by atoms with van der Waals surface area (Å²) in [7, 11) is 0. The SMILES string of the molecule is O=C(O)c1cccc(F)c1N1CCNCC1. The van der Waals surface area contributed by atoms with Crippen LogP contribution in [0.5, 0.6) is 0 Å². The number of anilines is 1. The lowest BCUT2D eigenvalue weighted by Crippen LogP contribution is -2.44. The molecule has 1 fully saturated rings. The number of carbonyl (C=O) groups is 1. The molecule has 2 rings (SSSR count). The Bertz CT molecular complexity index is 403. The van der Waals surface area contributed by atoms with Gasteiger partial charge in [0.1, 0.15) is 5.82 Å². The van der Waals surface area contributed by atoms with E-state index in [1.807, 2.05) is 0 Å². The number of rotatable bonds is 2. The van der Waals surface area contributed by atoms with Gasteiger partial charge in [0.25, 0.3) is 0 Å². The van der Waals surface area contributed by atoms with E-state index >= 15 is 0 Å². The molecule has 1 aliphatic rings. The van der Waals surface area contributed by atoms with Crippen molar-refractivity contribution in [3.63, 3.8) is 0 Å². The summed E-state index contributed by atoms with van der Waals surface area (Å²) in [4.78, 5) is 12.8. The summed E-state index contributed by atoms with van der Waals surface area (Å²) < 4.78 is 13.7. The Labute approximate surface area is 92.7 Å². The maximum absolute atomic E-state index is 13.7. The Morgan fingerprint density at radius 2 is 2.06 bits per heavy atom. The van der Waals surface area contributed by atoms with Gasteiger partial charge in [-0.15, -0.1) is 0 Å². The molecule has 1 aliphatic heterocycles. The van der Waals surface area contributed by atoms with Gasteiger partial charge >= 0.3 is 5.97 Å². The van der Waals surface area contributed by atoms with E-state index in [2.05, 4.69) is 5.32 Å². The van der Waals surface area contributed by atoms with E-state index in [-0.39, 0.29) is 11.3 Å². The maximum Gasteiger partial charge on any atom is 0.337 e. The molecule has 1 heterocycles. The molecule has 2 N–H and O–H groups in total. The minimum absolute atomic E-state index is 0.0295. The first-order valence-corrected chi connectivity index (χ1v) is 5.17. The van der Waals surface area contributed by atoms with Crippen molar-refractivity contribution in [1.82, 2.24) is 5.32 Å². The Morgan fingerprint density at radius 1 is 1.38 bits per heavy atom. The Balaban J connectivity index is 2.40. The van der Waals surface area contributed by atoms with Crippen molar-refractivity contribution in [2.24, 2.45) is 0 Å². The first-order chi connectivity index (χ1) is 7.70. The zero-order chi connectivity index (χ0) is 11.5. The lowest BCUT2D eigenvalue weighted by atomic mass is 10.1. The second kappa shape index (κ2) is 4.49. The van der Waals surface area contributed by atoms with Gasteiger partial charge in [0.15, 0.2) is 0 Å². The fourth-order valence-electron chi connectivity index (χ4n) is 1.90. The first kappa shape index (κ1) is 10.9. The zero-order valence-corrected chi connectivity index (χ0v) is 8.74. The molecule has 1 saturated heterocycles.